The lowest BCUT2D eigenvalue weighted by molar-refractivity contribution is -0.125. The zero-order valence-corrected chi connectivity index (χ0v) is 10.2. The second-order valence-corrected chi connectivity index (χ2v) is 5.31. The summed E-state index contributed by atoms with van der Waals surface area (Å²) >= 11 is 0. The number of hydrogen-bond donors (Lipinski definition) is 1. The topological polar surface area (TPSA) is 50.8 Å². The Bertz CT molecular complexity index is 408. The van der Waals surface area contributed by atoms with E-state index in [0.29, 0.717) is 18.8 Å². The van der Waals surface area contributed by atoms with Crippen LogP contribution >= 0.6 is 0 Å². The molecule has 1 amide bonds. The fourth-order valence-electron chi connectivity index (χ4n) is 1.76. The molecule has 92 valence electrons. The van der Waals surface area contributed by atoms with Crippen LogP contribution in [0.25, 0.3) is 0 Å². The first-order valence-electron chi connectivity index (χ1n) is 5.45. The fraction of sp³-hybridized carbons (Fsp3) is 0.583. The molecule has 5 nitrogen and oxygen atoms in total. The number of nitrogens with zero attached hydrogens (tertiary/aromatic N) is 1. The van der Waals surface area contributed by atoms with Gasteiger partial charge in [-0.2, -0.15) is 0 Å². The molecule has 0 radical (unpaired) electrons. The van der Waals surface area contributed by atoms with E-state index in [1.807, 2.05) is 26.8 Å². The first-order chi connectivity index (χ1) is 7.84. The zero-order chi connectivity index (χ0) is 12.7. The van der Waals surface area contributed by atoms with E-state index in [1.54, 1.807) is 4.90 Å². The Kier molecular flexibility index (Phi) is 2.55. The molecule has 2 aliphatic rings. The highest BCUT2D eigenvalue weighted by Crippen LogP contribution is 2.31. The maximum atomic E-state index is 11.7. The molecule has 1 spiro atoms. The number of carbonyl (C=O) groups excluding carboxylic acids is 1. The summed E-state index contributed by atoms with van der Waals surface area (Å²) in [5.74, 6) is 2.46. The van der Waals surface area contributed by atoms with E-state index < -0.39 is 11.2 Å². The number of hydroxylamine groups is 1. The van der Waals surface area contributed by atoms with Gasteiger partial charge in [-0.25, -0.2) is 4.79 Å². The number of carbonyl (C=O) groups is 1. The van der Waals surface area contributed by atoms with Crippen molar-refractivity contribution in [3.63, 3.8) is 0 Å². The summed E-state index contributed by atoms with van der Waals surface area (Å²) in [6, 6.07) is 0. The average Bonchev–Trinajstić information content (AvgIpc) is 2.56. The number of ether oxygens (including phenoxy) is 1. The summed E-state index contributed by atoms with van der Waals surface area (Å²) in [5.41, 5.74) is 2.31. The third-order valence-electron chi connectivity index (χ3n) is 2.50. The summed E-state index contributed by atoms with van der Waals surface area (Å²) in [4.78, 5) is 18.6. The van der Waals surface area contributed by atoms with Gasteiger partial charge in [0.1, 0.15) is 11.3 Å². The summed E-state index contributed by atoms with van der Waals surface area (Å²) in [7, 11) is 0. The Labute approximate surface area is 101 Å². The lowest BCUT2D eigenvalue weighted by atomic mass is 9.94. The highest BCUT2D eigenvalue weighted by atomic mass is 16.7. The van der Waals surface area contributed by atoms with Crippen molar-refractivity contribution in [2.45, 2.75) is 32.0 Å². The van der Waals surface area contributed by atoms with Crippen LogP contribution in [0.3, 0.4) is 0 Å². The largest absolute Gasteiger partial charge is 0.444 e. The van der Waals surface area contributed by atoms with Crippen LogP contribution in [-0.2, 0) is 9.57 Å². The third-order valence-corrected chi connectivity index (χ3v) is 2.50. The molecule has 0 aromatic heterocycles. The molecule has 17 heavy (non-hydrogen) atoms. The molecule has 2 aliphatic heterocycles. The van der Waals surface area contributed by atoms with Gasteiger partial charge >= 0.3 is 6.09 Å². The number of nitrogens with one attached hydrogen (secondary N) is 1. The molecule has 0 saturated carbocycles. The molecule has 0 unspecified atom stereocenters. The van der Waals surface area contributed by atoms with Crippen LogP contribution in [0, 0.1) is 12.3 Å². The second-order valence-electron chi connectivity index (χ2n) is 5.31. The number of terminal acetylenes is 1. The predicted molar refractivity (Wildman–Crippen MR) is 61.7 cm³/mol. The number of amides is 1. The maximum Gasteiger partial charge on any atom is 0.410 e. The Balaban J connectivity index is 1.90. The minimum atomic E-state index is -0.478. The van der Waals surface area contributed by atoms with Gasteiger partial charge in [0.2, 0.25) is 0 Å². The number of allylic oxidation sites excluding steroid dienone is 1. The fourth-order valence-corrected chi connectivity index (χ4v) is 1.76. The van der Waals surface area contributed by atoms with Crippen LogP contribution in [0.4, 0.5) is 4.79 Å². The molecule has 0 aromatic carbocycles. The first-order valence-corrected chi connectivity index (χ1v) is 5.45. The predicted octanol–water partition coefficient (Wildman–Crippen LogP) is 1.03. The van der Waals surface area contributed by atoms with Crippen LogP contribution < -0.4 is 5.48 Å². The Hall–Kier alpha value is -1.67. The molecule has 0 aliphatic carbocycles. The van der Waals surface area contributed by atoms with Gasteiger partial charge in [0.15, 0.2) is 5.60 Å². The van der Waals surface area contributed by atoms with Crippen LogP contribution in [-0.4, -0.2) is 35.3 Å². The standard InChI is InChI=1S/C12H16N2O3/c1-5-9-6-12(17-13-9)7-14(8-12)10(15)16-11(2,3)4/h1,6,13H,7-8H2,2-4H3. The lowest BCUT2D eigenvalue weighted by Gasteiger charge is -2.44. The number of likely N-dealkylation sites (tertiary alicyclic amines) is 1. The monoisotopic (exact) mass is 236 g/mol. The van der Waals surface area contributed by atoms with E-state index in [4.69, 9.17) is 16.0 Å². The molecule has 2 heterocycles. The maximum absolute atomic E-state index is 11.7. The van der Waals surface area contributed by atoms with E-state index in [-0.39, 0.29) is 6.09 Å². The molecule has 1 fully saturated rings. The lowest BCUT2D eigenvalue weighted by Crippen LogP contribution is -2.63. The van der Waals surface area contributed by atoms with E-state index in [0.717, 1.165) is 0 Å². The van der Waals surface area contributed by atoms with Crippen molar-refractivity contribution in [1.29, 1.82) is 0 Å². The number of rotatable bonds is 0. The Morgan fingerprint density at radius 3 is 2.76 bits per heavy atom. The minimum absolute atomic E-state index is 0.325. The van der Waals surface area contributed by atoms with E-state index in [9.17, 15) is 4.79 Å². The molecule has 5 heteroatoms. The smallest absolute Gasteiger partial charge is 0.410 e. The quantitative estimate of drug-likeness (QED) is 0.638. The third kappa shape index (κ3) is 2.37. The molecule has 0 atom stereocenters. The SMILES string of the molecule is C#CC1=CC2(CN(C(=O)OC(C)(C)C)C2)ON1. The van der Waals surface area contributed by atoms with Crippen LogP contribution in [0.15, 0.2) is 11.8 Å². The van der Waals surface area contributed by atoms with Gasteiger partial charge in [-0.1, -0.05) is 5.92 Å². The molecule has 0 bridgehead atoms. The molecule has 0 aromatic rings. The van der Waals surface area contributed by atoms with Gasteiger partial charge < -0.3 is 9.64 Å². The Morgan fingerprint density at radius 2 is 2.29 bits per heavy atom. The van der Waals surface area contributed by atoms with Gasteiger partial charge in [-0.05, 0) is 26.8 Å². The van der Waals surface area contributed by atoms with Crippen molar-refractivity contribution in [2.75, 3.05) is 13.1 Å². The van der Waals surface area contributed by atoms with Crippen molar-refractivity contribution in [1.82, 2.24) is 10.4 Å². The van der Waals surface area contributed by atoms with Gasteiger partial charge in [-0.3, -0.25) is 10.3 Å². The normalized spacial score (nSPS) is 21.3. The Morgan fingerprint density at radius 1 is 1.65 bits per heavy atom. The average molecular weight is 236 g/mol. The summed E-state index contributed by atoms with van der Waals surface area (Å²) in [6.45, 7) is 6.43. The van der Waals surface area contributed by atoms with Gasteiger partial charge in [0.25, 0.3) is 0 Å². The van der Waals surface area contributed by atoms with Gasteiger partial charge in [0, 0.05) is 0 Å². The van der Waals surface area contributed by atoms with Gasteiger partial charge in [0.05, 0.1) is 13.1 Å². The molecule has 1 N–H and O–H groups in total. The van der Waals surface area contributed by atoms with Crippen LogP contribution in [0.1, 0.15) is 20.8 Å². The molecule has 2 rings (SSSR count). The molecular weight excluding hydrogens is 220 g/mol. The van der Waals surface area contributed by atoms with Crippen molar-refractivity contribution in [2.24, 2.45) is 0 Å². The van der Waals surface area contributed by atoms with Crippen LogP contribution in [0.5, 0.6) is 0 Å². The zero-order valence-electron chi connectivity index (χ0n) is 10.2. The second kappa shape index (κ2) is 3.67. The van der Waals surface area contributed by atoms with Crippen molar-refractivity contribution in [3.8, 4) is 12.3 Å². The number of hydrogen-bond acceptors (Lipinski definition) is 4. The van der Waals surface area contributed by atoms with Crippen LogP contribution in [0.2, 0.25) is 0 Å². The molecule has 1 saturated heterocycles. The van der Waals surface area contributed by atoms with E-state index in [2.05, 4.69) is 11.4 Å². The summed E-state index contributed by atoms with van der Waals surface area (Å²) in [5, 5.41) is 0. The van der Waals surface area contributed by atoms with Crippen molar-refractivity contribution >= 4 is 6.09 Å². The molecular formula is C12H16N2O3. The highest BCUT2D eigenvalue weighted by molar-refractivity contribution is 5.70. The summed E-state index contributed by atoms with van der Waals surface area (Å²) < 4.78 is 5.25. The summed E-state index contributed by atoms with van der Waals surface area (Å²) in [6.07, 6.45) is 6.75. The van der Waals surface area contributed by atoms with Crippen molar-refractivity contribution < 1.29 is 14.4 Å². The highest BCUT2D eigenvalue weighted by Gasteiger charge is 2.49. The van der Waals surface area contributed by atoms with Gasteiger partial charge in [-0.15, -0.1) is 6.42 Å². The minimum Gasteiger partial charge on any atom is -0.444 e. The van der Waals surface area contributed by atoms with E-state index in [1.165, 1.54) is 0 Å². The first kappa shape index (κ1) is 11.8. The van der Waals surface area contributed by atoms with E-state index >= 15 is 0 Å². The van der Waals surface area contributed by atoms with Crippen molar-refractivity contribution in [3.05, 3.63) is 11.8 Å².